The van der Waals surface area contributed by atoms with Gasteiger partial charge < -0.3 is 0 Å². The second-order valence-electron chi connectivity index (χ2n) is 5.08. The summed E-state index contributed by atoms with van der Waals surface area (Å²) < 4.78 is 2.13. The minimum atomic E-state index is -0.140. The van der Waals surface area contributed by atoms with Crippen LogP contribution in [0.2, 0.25) is 0 Å². The zero-order valence-electron chi connectivity index (χ0n) is 8.84. The Kier molecular flexibility index (Phi) is 1.66. The fraction of sp³-hybridized carbons (Fsp3) is 0.778. The van der Waals surface area contributed by atoms with Gasteiger partial charge in [0.05, 0.1) is 6.04 Å². The molecule has 1 aromatic heterocycles. The standard InChI is InChI=1S/C9H15N3OS/c1-8(2)5(9(8,3)4)12-6(13)10-11-7(12)14/h5H,1-4H3,(H,10,13)(H,11,14). The van der Waals surface area contributed by atoms with Crippen molar-refractivity contribution >= 4 is 12.2 Å². The summed E-state index contributed by atoms with van der Waals surface area (Å²) in [7, 11) is 0. The van der Waals surface area contributed by atoms with Crippen LogP contribution in [0.3, 0.4) is 0 Å². The fourth-order valence-corrected chi connectivity index (χ4v) is 2.60. The number of aromatic amines is 2. The predicted octanol–water partition coefficient (Wildman–Crippen LogP) is 1.84. The van der Waals surface area contributed by atoms with Gasteiger partial charge >= 0.3 is 5.69 Å². The monoisotopic (exact) mass is 213 g/mol. The Morgan fingerprint density at radius 1 is 1.21 bits per heavy atom. The van der Waals surface area contributed by atoms with E-state index in [1.165, 1.54) is 0 Å². The molecule has 2 rings (SSSR count). The quantitative estimate of drug-likeness (QED) is 0.699. The maximum atomic E-state index is 11.5. The summed E-state index contributed by atoms with van der Waals surface area (Å²) in [6.45, 7) is 8.63. The molecule has 78 valence electrons. The van der Waals surface area contributed by atoms with E-state index in [4.69, 9.17) is 12.2 Å². The van der Waals surface area contributed by atoms with Crippen LogP contribution < -0.4 is 5.69 Å². The number of H-pyrrole nitrogens is 2. The van der Waals surface area contributed by atoms with E-state index in [1.807, 2.05) is 0 Å². The van der Waals surface area contributed by atoms with Crippen molar-refractivity contribution in [3.8, 4) is 0 Å². The van der Waals surface area contributed by atoms with Crippen LogP contribution >= 0.6 is 12.2 Å². The van der Waals surface area contributed by atoms with Gasteiger partial charge in [0.1, 0.15) is 0 Å². The molecule has 0 radical (unpaired) electrons. The summed E-state index contributed by atoms with van der Waals surface area (Å²) in [6, 6.07) is 0.192. The van der Waals surface area contributed by atoms with Crippen LogP contribution in [0.15, 0.2) is 4.79 Å². The van der Waals surface area contributed by atoms with Crippen molar-refractivity contribution in [1.29, 1.82) is 0 Å². The molecule has 1 aliphatic rings. The zero-order chi connectivity index (χ0) is 10.7. The topological polar surface area (TPSA) is 53.6 Å². The predicted molar refractivity (Wildman–Crippen MR) is 56.8 cm³/mol. The average molecular weight is 213 g/mol. The third-order valence-corrected chi connectivity index (χ3v) is 4.22. The molecule has 0 spiro atoms. The Balaban J connectivity index is 2.56. The molecule has 0 amide bonds. The first kappa shape index (κ1) is 9.71. The SMILES string of the molecule is CC1(C)C(n2c(=O)[nH][nH]c2=S)C1(C)C. The molecule has 1 heterocycles. The van der Waals surface area contributed by atoms with Crippen molar-refractivity contribution in [2.24, 2.45) is 10.8 Å². The summed E-state index contributed by atoms with van der Waals surface area (Å²) in [4.78, 5) is 11.5. The second-order valence-corrected chi connectivity index (χ2v) is 5.46. The first-order valence-corrected chi connectivity index (χ1v) is 5.10. The first-order valence-electron chi connectivity index (χ1n) is 4.69. The summed E-state index contributed by atoms with van der Waals surface area (Å²) in [5.74, 6) is 0. The van der Waals surface area contributed by atoms with Crippen LogP contribution in [0.25, 0.3) is 0 Å². The van der Waals surface area contributed by atoms with Crippen LogP contribution in [0.1, 0.15) is 33.7 Å². The molecule has 14 heavy (non-hydrogen) atoms. The Morgan fingerprint density at radius 3 is 2.00 bits per heavy atom. The number of nitrogens with zero attached hydrogens (tertiary/aromatic N) is 1. The van der Waals surface area contributed by atoms with Gasteiger partial charge in [0, 0.05) is 0 Å². The highest BCUT2D eigenvalue weighted by Crippen LogP contribution is 2.70. The lowest BCUT2D eigenvalue weighted by Crippen LogP contribution is -2.18. The lowest BCUT2D eigenvalue weighted by atomic mass is 10.0. The molecule has 1 aliphatic carbocycles. The zero-order valence-corrected chi connectivity index (χ0v) is 9.66. The molecule has 0 aromatic carbocycles. The summed E-state index contributed by atoms with van der Waals surface area (Å²) in [6.07, 6.45) is 0. The van der Waals surface area contributed by atoms with Gasteiger partial charge in [-0.25, -0.2) is 9.89 Å². The Morgan fingerprint density at radius 2 is 1.71 bits per heavy atom. The van der Waals surface area contributed by atoms with Gasteiger partial charge in [0.2, 0.25) is 0 Å². The van der Waals surface area contributed by atoms with Gasteiger partial charge in [-0.05, 0) is 23.0 Å². The van der Waals surface area contributed by atoms with E-state index in [2.05, 4.69) is 37.9 Å². The van der Waals surface area contributed by atoms with Gasteiger partial charge in [0.25, 0.3) is 0 Å². The van der Waals surface area contributed by atoms with Crippen LogP contribution in [-0.2, 0) is 0 Å². The van der Waals surface area contributed by atoms with Crippen molar-refractivity contribution in [2.45, 2.75) is 33.7 Å². The highest BCUT2D eigenvalue weighted by molar-refractivity contribution is 7.71. The Labute approximate surface area is 87.3 Å². The number of hydrogen-bond donors (Lipinski definition) is 2. The van der Waals surface area contributed by atoms with E-state index in [0.717, 1.165) is 0 Å². The molecular weight excluding hydrogens is 198 g/mol. The molecule has 0 aliphatic heterocycles. The van der Waals surface area contributed by atoms with Gasteiger partial charge in [-0.1, -0.05) is 27.7 Å². The number of aromatic nitrogens is 3. The smallest absolute Gasteiger partial charge is 0.272 e. The van der Waals surface area contributed by atoms with Crippen molar-refractivity contribution in [1.82, 2.24) is 14.8 Å². The molecule has 1 aromatic rings. The van der Waals surface area contributed by atoms with E-state index in [1.54, 1.807) is 4.57 Å². The van der Waals surface area contributed by atoms with Crippen molar-refractivity contribution in [2.75, 3.05) is 0 Å². The van der Waals surface area contributed by atoms with E-state index in [0.29, 0.717) is 4.77 Å². The van der Waals surface area contributed by atoms with Gasteiger partial charge in [0.15, 0.2) is 4.77 Å². The minimum absolute atomic E-state index is 0.125. The normalized spacial score (nSPS) is 23.7. The van der Waals surface area contributed by atoms with Crippen LogP contribution in [0.4, 0.5) is 0 Å². The fourth-order valence-electron chi connectivity index (χ4n) is 2.36. The third-order valence-electron chi connectivity index (χ3n) is 3.92. The lowest BCUT2D eigenvalue weighted by Gasteiger charge is -2.02. The Hall–Kier alpha value is -0.840. The molecule has 0 atom stereocenters. The first-order chi connectivity index (χ1) is 6.30. The highest BCUT2D eigenvalue weighted by Gasteiger charge is 2.66. The maximum absolute atomic E-state index is 11.5. The largest absolute Gasteiger partial charge is 0.342 e. The summed E-state index contributed by atoms with van der Waals surface area (Å²) >= 11 is 5.07. The van der Waals surface area contributed by atoms with E-state index in [-0.39, 0.29) is 22.6 Å². The molecule has 0 bridgehead atoms. The van der Waals surface area contributed by atoms with Crippen molar-refractivity contribution < 1.29 is 0 Å². The number of rotatable bonds is 1. The van der Waals surface area contributed by atoms with Crippen LogP contribution in [0.5, 0.6) is 0 Å². The molecule has 1 fully saturated rings. The molecular formula is C9H15N3OS. The van der Waals surface area contributed by atoms with E-state index in [9.17, 15) is 4.79 Å². The minimum Gasteiger partial charge on any atom is -0.272 e. The molecule has 2 N–H and O–H groups in total. The average Bonchev–Trinajstić information content (AvgIpc) is 2.37. The third kappa shape index (κ3) is 0.932. The molecule has 5 heteroatoms. The second kappa shape index (κ2) is 2.39. The van der Waals surface area contributed by atoms with E-state index < -0.39 is 0 Å². The van der Waals surface area contributed by atoms with Gasteiger partial charge in [-0.3, -0.25) is 9.67 Å². The highest BCUT2D eigenvalue weighted by atomic mass is 32.1. The molecule has 0 saturated heterocycles. The van der Waals surface area contributed by atoms with Gasteiger partial charge in [-0.2, -0.15) is 0 Å². The summed E-state index contributed by atoms with van der Waals surface area (Å²) in [5.41, 5.74) is 0.111. The molecule has 1 saturated carbocycles. The number of nitrogens with one attached hydrogen (secondary N) is 2. The van der Waals surface area contributed by atoms with Crippen molar-refractivity contribution in [3.63, 3.8) is 0 Å². The van der Waals surface area contributed by atoms with Crippen LogP contribution in [0, 0.1) is 15.6 Å². The van der Waals surface area contributed by atoms with E-state index >= 15 is 0 Å². The Bertz CT molecular complexity index is 435. The summed E-state index contributed by atoms with van der Waals surface area (Å²) in [5, 5.41) is 5.19. The van der Waals surface area contributed by atoms with Crippen molar-refractivity contribution in [3.05, 3.63) is 15.3 Å². The number of hydrogen-bond acceptors (Lipinski definition) is 2. The molecule has 0 unspecified atom stereocenters. The maximum Gasteiger partial charge on any atom is 0.342 e. The van der Waals surface area contributed by atoms with Crippen LogP contribution in [-0.4, -0.2) is 14.8 Å². The molecule has 4 nitrogen and oxygen atoms in total. The lowest BCUT2D eigenvalue weighted by molar-refractivity contribution is 0.457. The van der Waals surface area contributed by atoms with Gasteiger partial charge in [-0.15, -0.1) is 0 Å².